The van der Waals surface area contributed by atoms with Gasteiger partial charge in [-0.2, -0.15) is 0 Å². The summed E-state index contributed by atoms with van der Waals surface area (Å²) in [6, 6.07) is -0.881. The van der Waals surface area contributed by atoms with Gasteiger partial charge in [0.1, 0.15) is 24.1 Å². The number of nitrogen functional groups attached to an aromatic ring is 1. The van der Waals surface area contributed by atoms with Crippen LogP contribution in [-0.2, 0) is 13.8 Å². The fourth-order valence-corrected chi connectivity index (χ4v) is 2.72. The van der Waals surface area contributed by atoms with Crippen molar-refractivity contribution in [2.75, 3.05) is 12.3 Å². The molecule has 0 amide bonds. The molecule has 3 rings (SSSR count). The van der Waals surface area contributed by atoms with Gasteiger partial charge in [0.2, 0.25) is 0 Å². The van der Waals surface area contributed by atoms with Crippen LogP contribution in [0.1, 0.15) is 6.23 Å². The van der Waals surface area contributed by atoms with Crippen LogP contribution < -0.4 is 11.5 Å². The lowest BCUT2D eigenvalue weighted by atomic mass is 10.1. The number of nitrogens with two attached hydrogens (primary N) is 2. The first-order valence-electron chi connectivity index (χ1n) is 6.50. The van der Waals surface area contributed by atoms with E-state index < -0.39 is 38.9 Å². The summed E-state index contributed by atoms with van der Waals surface area (Å²) in [5.74, 6) is 0.183. The van der Waals surface area contributed by atoms with E-state index in [4.69, 9.17) is 26.0 Å². The number of imidazole rings is 1. The third-order valence-electron chi connectivity index (χ3n) is 3.49. The quantitative estimate of drug-likeness (QED) is 0.388. The number of hydrogen-bond acceptors (Lipinski definition) is 9. The number of phosphoric acid groups is 1. The SMILES string of the molecule is Nc1ncnc2c1ncn2[C@@H]1O[C@H](COP(=O)(O)O)C(O)C1N. The Labute approximate surface area is 129 Å². The molecule has 13 heteroatoms. The van der Waals surface area contributed by atoms with E-state index >= 15 is 0 Å². The van der Waals surface area contributed by atoms with E-state index in [1.165, 1.54) is 17.2 Å². The fraction of sp³-hybridized carbons (Fsp3) is 0.500. The van der Waals surface area contributed by atoms with Gasteiger partial charge >= 0.3 is 7.82 Å². The van der Waals surface area contributed by atoms with Crippen LogP contribution in [0.4, 0.5) is 5.82 Å². The number of nitrogens with zero attached hydrogens (tertiary/aromatic N) is 4. The Morgan fingerprint density at radius 3 is 2.83 bits per heavy atom. The third-order valence-corrected chi connectivity index (χ3v) is 3.97. The largest absolute Gasteiger partial charge is 0.469 e. The molecule has 0 bridgehead atoms. The van der Waals surface area contributed by atoms with Crippen LogP contribution >= 0.6 is 7.82 Å². The van der Waals surface area contributed by atoms with Crippen molar-refractivity contribution in [2.24, 2.45) is 5.73 Å². The summed E-state index contributed by atoms with van der Waals surface area (Å²) in [5, 5.41) is 10.1. The zero-order valence-electron chi connectivity index (χ0n) is 11.6. The highest BCUT2D eigenvalue weighted by Crippen LogP contribution is 2.38. The summed E-state index contributed by atoms with van der Waals surface area (Å²) in [6.45, 7) is -0.514. The predicted molar refractivity (Wildman–Crippen MR) is 75.6 cm³/mol. The van der Waals surface area contributed by atoms with Crippen molar-refractivity contribution < 1.29 is 28.7 Å². The molecule has 0 aromatic carbocycles. The molecule has 0 spiro atoms. The van der Waals surface area contributed by atoms with Crippen molar-refractivity contribution in [3.8, 4) is 0 Å². The number of fused-ring (bicyclic) bond motifs is 1. The second kappa shape index (κ2) is 5.76. The number of ether oxygens (including phenoxy) is 1. The Bertz CT molecular complexity index is 763. The molecule has 126 valence electrons. The van der Waals surface area contributed by atoms with Crippen molar-refractivity contribution >= 4 is 24.8 Å². The number of phosphoric ester groups is 1. The Kier molecular flexibility index (Phi) is 4.06. The predicted octanol–water partition coefficient (Wildman–Crippen LogP) is -1.90. The highest BCUT2D eigenvalue weighted by Gasteiger charge is 2.44. The molecule has 1 aliphatic rings. The molecule has 0 aliphatic carbocycles. The summed E-state index contributed by atoms with van der Waals surface area (Å²) < 4.78 is 22.1. The van der Waals surface area contributed by atoms with Crippen molar-refractivity contribution in [3.63, 3.8) is 0 Å². The first-order valence-corrected chi connectivity index (χ1v) is 8.03. The zero-order valence-corrected chi connectivity index (χ0v) is 12.5. The smallest absolute Gasteiger partial charge is 0.389 e. The maximum absolute atomic E-state index is 10.8. The van der Waals surface area contributed by atoms with Crippen LogP contribution in [0.25, 0.3) is 11.2 Å². The standard InChI is InChI=1S/C10H15N6O6P/c11-5-7(17)4(1-21-23(18,19)20)22-10(5)16-3-15-6-8(12)13-2-14-9(6)16/h2-5,7,10,17H,1,11H2,(H2,12,13,14)(H2,18,19,20)/t4-,5?,7?,10-/m1/s1. The van der Waals surface area contributed by atoms with Crippen LogP contribution in [-0.4, -0.2) is 59.3 Å². The summed E-state index contributed by atoms with van der Waals surface area (Å²) in [5.41, 5.74) is 12.3. The van der Waals surface area contributed by atoms with Crippen molar-refractivity contribution in [1.82, 2.24) is 19.5 Å². The zero-order chi connectivity index (χ0) is 16.8. The maximum Gasteiger partial charge on any atom is 0.469 e. The van der Waals surface area contributed by atoms with Gasteiger partial charge in [0.15, 0.2) is 17.7 Å². The van der Waals surface area contributed by atoms with Gasteiger partial charge in [-0.05, 0) is 0 Å². The fourth-order valence-electron chi connectivity index (χ4n) is 2.38. The molecule has 2 aromatic heterocycles. The molecule has 3 heterocycles. The summed E-state index contributed by atoms with van der Waals surface area (Å²) in [6.07, 6.45) is -0.419. The number of aliphatic hydroxyl groups is 1. The second-order valence-corrected chi connectivity index (χ2v) is 6.24. The summed E-state index contributed by atoms with van der Waals surface area (Å²) in [4.78, 5) is 29.4. The number of rotatable bonds is 4. The minimum atomic E-state index is -4.68. The van der Waals surface area contributed by atoms with Gasteiger partial charge in [0.25, 0.3) is 0 Å². The molecule has 1 aliphatic heterocycles. The van der Waals surface area contributed by atoms with Crippen LogP contribution in [0.2, 0.25) is 0 Å². The summed E-state index contributed by atoms with van der Waals surface area (Å²) >= 11 is 0. The molecule has 0 radical (unpaired) electrons. The lowest BCUT2D eigenvalue weighted by Gasteiger charge is -2.17. The van der Waals surface area contributed by atoms with E-state index in [1.54, 1.807) is 0 Å². The van der Waals surface area contributed by atoms with Gasteiger partial charge in [-0.15, -0.1) is 0 Å². The molecular formula is C10H15N6O6P. The lowest BCUT2D eigenvalue weighted by Crippen LogP contribution is -2.40. The van der Waals surface area contributed by atoms with E-state index in [1.807, 2.05) is 0 Å². The van der Waals surface area contributed by atoms with Crippen LogP contribution in [0.3, 0.4) is 0 Å². The minimum absolute atomic E-state index is 0.183. The molecule has 12 nitrogen and oxygen atoms in total. The molecule has 2 aromatic rings. The minimum Gasteiger partial charge on any atom is -0.389 e. The van der Waals surface area contributed by atoms with E-state index in [2.05, 4.69) is 19.5 Å². The molecule has 2 unspecified atom stereocenters. The van der Waals surface area contributed by atoms with Gasteiger partial charge in [0, 0.05) is 0 Å². The number of aliphatic hydroxyl groups excluding tert-OH is 1. The van der Waals surface area contributed by atoms with Crippen LogP contribution in [0.15, 0.2) is 12.7 Å². The molecule has 1 saturated heterocycles. The highest BCUT2D eigenvalue weighted by molar-refractivity contribution is 7.46. The van der Waals surface area contributed by atoms with E-state index in [0.717, 1.165) is 0 Å². The number of anilines is 1. The molecule has 23 heavy (non-hydrogen) atoms. The third kappa shape index (κ3) is 3.05. The Morgan fingerprint density at radius 1 is 1.39 bits per heavy atom. The normalized spacial score (nSPS) is 28.5. The van der Waals surface area contributed by atoms with Crippen LogP contribution in [0.5, 0.6) is 0 Å². The van der Waals surface area contributed by atoms with Gasteiger partial charge < -0.3 is 31.1 Å². The Balaban J connectivity index is 1.85. The van der Waals surface area contributed by atoms with Gasteiger partial charge in [0.05, 0.1) is 19.0 Å². The topological polar surface area (TPSA) is 192 Å². The lowest BCUT2D eigenvalue weighted by molar-refractivity contribution is -0.0429. The van der Waals surface area contributed by atoms with Gasteiger partial charge in [-0.3, -0.25) is 9.09 Å². The van der Waals surface area contributed by atoms with E-state index in [9.17, 15) is 9.67 Å². The summed E-state index contributed by atoms with van der Waals surface area (Å²) in [7, 11) is -4.68. The first kappa shape index (κ1) is 16.2. The highest BCUT2D eigenvalue weighted by atomic mass is 31.2. The second-order valence-electron chi connectivity index (χ2n) is 5.00. The Morgan fingerprint density at radius 2 is 2.13 bits per heavy atom. The molecule has 0 saturated carbocycles. The number of hydrogen-bond donors (Lipinski definition) is 5. The van der Waals surface area contributed by atoms with Gasteiger partial charge in [-0.25, -0.2) is 19.5 Å². The average Bonchev–Trinajstić information content (AvgIpc) is 3.01. The van der Waals surface area contributed by atoms with Gasteiger partial charge in [-0.1, -0.05) is 0 Å². The molecule has 4 atom stereocenters. The molecular weight excluding hydrogens is 331 g/mol. The monoisotopic (exact) mass is 346 g/mol. The maximum atomic E-state index is 10.8. The van der Waals surface area contributed by atoms with Crippen molar-refractivity contribution in [3.05, 3.63) is 12.7 Å². The molecule has 1 fully saturated rings. The van der Waals surface area contributed by atoms with Crippen molar-refractivity contribution in [1.29, 1.82) is 0 Å². The first-order chi connectivity index (χ1) is 10.8. The van der Waals surface area contributed by atoms with Crippen molar-refractivity contribution in [2.45, 2.75) is 24.5 Å². The molecule has 7 N–H and O–H groups in total. The van der Waals surface area contributed by atoms with E-state index in [-0.39, 0.29) is 5.82 Å². The Hall–Kier alpha value is -1.66. The van der Waals surface area contributed by atoms with Crippen LogP contribution in [0, 0.1) is 0 Å². The van der Waals surface area contributed by atoms with E-state index in [0.29, 0.717) is 11.2 Å². The number of aromatic nitrogens is 4. The average molecular weight is 346 g/mol.